The third-order valence-corrected chi connectivity index (χ3v) is 2.29. The first-order valence-electron chi connectivity index (χ1n) is 4.97. The van der Waals surface area contributed by atoms with Gasteiger partial charge in [0.1, 0.15) is 6.10 Å². The number of rotatable bonds is 5. The zero-order valence-electron chi connectivity index (χ0n) is 9.04. The van der Waals surface area contributed by atoms with E-state index in [-0.39, 0.29) is 6.54 Å². The Morgan fingerprint density at radius 3 is 2.69 bits per heavy atom. The molecular weight excluding hydrogens is 208 g/mol. The third kappa shape index (κ3) is 3.03. The van der Waals surface area contributed by atoms with E-state index in [1.807, 2.05) is 0 Å². The molecule has 5 heteroatoms. The van der Waals surface area contributed by atoms with Gasteiger partial charge in [0.15, 0.2) is 0 Å². The molecule has 0 amide bonds. The van der Waals surface area contributed by atoms with Gasteiger partial charge in [-0.1, -0.05) is 29.4 Å². The fourth-order valence-electron chi connectivity index (χ4n) is 1.49. The van der Waals surface area contributed by atoms with Crippen molar-refractivity contribution in [3.63, 3.8) is 0 Å². The average molecular weight is 224 g/mol. The molecular formula is C11H16N2O3. The maximum atomic E-state index is 9.89. The van der Waals surface area contributed by atoms with E-state index in [9.17, 15) is 10.2 Å². The average Bonchev–Trinajstić information content (AvgIpc) is 2.29. The molecule has 1 aromatic rings. The summed E-state index contributed by atoms with van der Waals surface area (Å²) in [5, 5.41) is 33.7. The Hall–Kier alpha value is -1.43. The van der Waals surface area contributed by atoms with E-state index >= 15 is 0 Å². The van der Waals surface area contributed by atoms with Crippen LogP contribution in [-0.4, -0.2) is 41.3 Å². The van der Waals surface area contributed by atoms with Crippen LogP contribution in [0.2, 0.25) is 0 Å². The Labute approximate surface area is 94.0 Å². The van der Waals surface area contributed by atoms with Crippen LogP contribution in [0, 0.1) is 0 Å². The fourth-order valence-corrected chi connectivity index (χ4v) is 1.49. The van der Waals surface area contributed by atoms with Crippen molar-refractivity contribution in [1.29, 1.82) is 0 Å². The number of hydrogen-bond donors (Lipinski definition) is 4. The summed E-state index contributed by atoms with van der Waals surface area (Å²) >= 11 is 0. The van der Waals surface area contributed by atoms with Gasteiger partial charge in [0, 0.05) is 12.1 Å². The minimum Gasteiger partial charge on any atom is -0.411 e. The van der Waals surface area contributed by atoms with Gasteiger partial charge in [-0.05, 0) is 12.6 Å². The molecule has 1 rings (SSSR count). The fraction of sp³-hybridized carbons (Fsp3) is 0.364. The van der Waals surface area contributed by atoms with Crippen LogP contribution in [0.1, 0.15) is 17.2 Å². The van der Waals surface area contributed by atoms with Gasteiger partial charge in [0.05, 0.1) is 12.3 Å². The molecule has 0 heterocycles. The van der Waals surface area contributed by atoms with Crippen molar-refractivity contribution in [3.8, 4) is 0 Å². The second kappa shape index (κ2) is 6.22. The first-order valence-corrected chi connectivity index (χ1v) is 4.97. The lowest BCUT2D eigenvalue weighted by molar-refractivity contribution is 0.0201. The number of nitrogens with one attached hydrogen (secondary N) is 1. The molecule has 0 saturated carbocycles. The summed E-state index contributed by atoms with van der Waals surface area (Å²) in [6, 6.07) is 6.89. The van der Waals surface area contributed by atoms with E-state index in [1.54, 1.807) is 31.3 Å². The molecule has 16 heavy (non-hydrogen) atoms. The van der Waals surface area contributed by atoms with Crippen molar-refractivity contribution >= 4 is 6.21 Å². The van der Waals surface area contributed by atoms with E-state index in [0.717, 1.165) is 0 Å². The van der Waals surface area contributed by atoms with Crippen LogP contribution in [0.15, 0.2) is 29.4 Å². The molecule has 0 aliphatic rings. The second-order valence-corrected chi connectivity index (χ2v) is 3.44. The number of hydrogen-bond acceptors (Lipinski definition) is 5. The minimum absolute atomic E-state index is 0.284. The van der Waals surface area contributed by atoms with E-state index in [2.05, 4.69) is 10.5 Å². The quantitative estimate of drug-likeness (QED) is 0.325. The Morgan fingerprint density at radius 1 is 1.38 bits per heavy atom. The lowest BCUT2D eigenvalue weighted by Crippen LogP contribution is -2.30. The van der Waals surface area contributed by atoms with Crippen molar-refractivity contribution < 1.29 is 15.4 Å². The van der Waals surface area contributed by atoms with Crippen molar-refractivity contribution in [2.75, 3.05) is 13.6 Å². The normalized spacial score (nSPS) is 15.2. The van der Waals surface area contributed by atoms with Crippen LogP contribution >= 0.6 is 0 Å². The molecule has 0 spiro atoms. The highest BCUT2D eigenvalue weighted by atomic mass is 16.4. The summed E-state index contributed by atoms with van der Waals surface area (Å²) in [7, 11) is 1.69. The predicted molar refractivity (Wildman–Crippen MR) is 60.7 cm³/mol. The molecule has 2 atom stereocenters. The summed E-state index contributed by atoms with van der Waals surface area (Å²) in [6.45, 7) is 0.284. The lowest BCUT2D eigenvalue weighted by atomic mass is 9.99. The van der Waals surface area contributed by atoms with E-state index in [1.165, 1.54) is 6.21 Å². The summed E-state index contributed by atoms with van der Waals surface area (Å²) in [6.07, 6.45) is -0.690. The molecule has 4 N–H and O–H groups in total. The van der Waals surface area contributed by atoms with Crippen LogP contribution < -0.4 is 5.32 Å². The smallest absolute Gasteiger partial charge is 0.107 e. The van der Waals surface area contributed by atoms with Gasteiger partial charge in [-0.25, -0.2) is 0 Å². The number of likely N-dealkylation sites (N-methyl/N-ethyl adjacent to an activating group) is 1. The van der Waals surface area contributed by atoms with Gasteiger partial charge >= 0.3 is 0 Å². The van der Waals surface area contributed by atoms with Crippen molar-refractivity contribution in [2.24, 2.45) is 5.16 Å². The van der Waals surface area contributed by atoms with Crippen molar-refractivity contribution in [3.05, 3.63) is 35.4 Å². The van der Waals surface area contributed by atoms with Crippen LogP contribution in [0.25, 0.3) is 0 Å². The Kier molecular flexibility index (Phi) is 4.91. The maximum Gasteiger partial charge on any atom is 0.107 e. The lowest BCUT2D eigenvalue weighted by Gasteiger charge is -2.19. The van der Waals surface area contributed by atoms with Gasteiger partial charge in [0.25, 0.3) is 0 Å². The number of oxime groups is 1. The molecule has 0 aliphatic heterocycles. The zero-order chi connectivity index (χ0) is 12.0. The second-order valence-electron chi connectivity index (χ2n) is 3.44. The van der Waals surface area contributed by atoms with E-state index in [0.29, 0.717) is 11.1 Å². The third-order valence-electron chi connectivity index (χ3n) is 2.29. The van der Waals surface area contributed by atoms with Gasteiger partial charge in [-0.2, -0.15) is 0 Å². The molecule has 0 radical (unpaired) electrons. The predicted octanol–water partition coefficient (Wildman–Crippen LogP) is 0.108. The Morgan fingerprint density at radius 2 is 2.06 bits per heavy atom. The van der Waals surface area contributed by atoms with Crippen molar-refractivity contribution in [1.82, 2.24) is 5.32 Å². The highest BCUT2D eigenvalue weighted by Gasteiger charge is 2.19. The topological polar surface area (TPSA) is 85.1 Å². The number of nitrogens with zero attached hydrogens (tertiary/aromatic N) is 1. The largest absolute Gasteiger partial charge is 0.411 e. The van der Waals surface area contributed by atoms with E-state index in [4.69, 9.17) is 5.21 Å². The molecule has 0 aromatic heterocycles. The number of aliphatic hydroxyl groups excluding tert-OH is 2. The molecule has 0 aliphatic carbocycles. The first kappa shape index (κ1) is 12.6. The Balaban J connectivity index is 2.93. The maximum absolute atomic E-state index is 9.89. The molecule has 0 bridgehead atoms. The Bertz CT molecular complexity index is 355. The van der Waals surface area contributed by atoms with Gasteiger partial charge in [0.2, 0.25) is 0 Å². The van der Waals surface area contributed by atoms with E-state index < -0.39 is 12.2 Å². The first-order chi connectivity index (χ1) is 7.70. The molecule has 2 unspecified atom stereocenters. The van der Waals surface area contributed by atoms with Crippen molar-refractivity contribution in [2.45, 2.75) is 12.2 Å². The van der Waals surface area contributed by atoms with Gasteiger partial charge in [-0.15, -0.1) is 0 Å². The molecule has 0 saturated heterocycles. The minimum atomic E-state index is -1.01. The summed E-state index contributed by atoms with van der Waals surface area (Å²) < 4.78 is 0. The van der Waals surface area contributed by atoms with Crippen LogP contribution in [0.5, 0.6) is 0 Å². The van der Waals surface area contributed by atoms with Crippen LogP contribution in [0.3, 0.4) is 0 Å². The van der Waals surface area contributed by atoms with Crippen LogP contribution in [-0.2, 0) is 0 Å². The zero-order valence-corrected chi connectivity index (χ0v) is 9.04. The molecule has 88 valence electrons. The SMILES string of the molecule is CNCC(O)C(O)c1ccccc1C=NO. The number of benzene rings is 1. The highest BCUT2D eigenvalue weighted by Crippen LogP contribution is 2.19. The molecule has 1 aromatic carbocycles. The summed E-state index contributed by atoms with van der Waals surface area (Å²) in [5.74, 6) is 0. The highest BCUT2D eigenvalue weighted by molar-refractivity contribution is 5.81. The standard InChI is InChI=1S/C11H16N2O3/c1-12-7-10(14)11(15)9-5-3-2-4-8(9)6-13-16/h2-6,10-12,14-16H,7H2,1H3. The van der Waals surface area contributed by atoms with Crippen LogP contribution in [0.4, 0.5) is 0 Å². The van der Waals surface area contributed by atoms with Gasteiger partial charge in [-0.3, -0.25) is 0 Å². The van der Waals surface area contributed by atoms with Gasteiger partial charge < -0.3 is 20.7 Å². The molecule has 0 fully saturated rings. The summed E-state index contributed by atoms with van der Waals surface area (Å²) in [5.41, 5.74) is 1.11. The summed E-state index contributed by atoms with van der Waals surface area (Å²) in [4.78, 5) is 0. The number of aliphatic hydroxyl groups is 2. The monoisotopic (exact) mass is 224 g/mol. The molecule has 5 nitrogen and oxygen atoms in total.